The predicted molar refractivity (Wildman–Crippen MR) is 70.5 cm³/mol. The average Bonchev–Trinajstić information content (AvgIpc) is 2.45. The van der Waals surface area contributed by atoms with Gasteiger partial charge in [0, 0.05) is 6.07 Å². The second-order valence-electron chi connectivity index (χ2n) is 4.37. The van der Waals surface area contributed by atoms with Gasteiger partial charge >= 0.3 is 12.1 Å². The second-order valence-corrected chi connectivity index (χ2v) is 4.37. The van der Waals surface area contributed by atoms with E-state index in [1.54, 1.807) is 0 Å². The van der Waals surface area contributed by atoms with Gasteiger partial charge in [-0.2, -0.15) is 13.2 Å². The van der Waals surface area contributed by atoms with Crippen LogP contribution in [0.3, 0.4) is 0 Å². The normalized spacial score (nSPS) is 11.2. The van der Waals surface area contributed by atoms with Gasteiger partial charge in [-0.15, -0.1) is 0 Å². The van der Waals surface area contributed by atoms with Gasteiger partial charge < -0.3 is 5.11 Å². The first-order valence-electron chi connectivity index (χ1n) is 5.89. The van der Waals surface area contributed by atoms with Crippen molar-refractivity contribution in [2.24, 2.45) is 0 Å². The van der Waals surface area contributed by atoms with E-state index >= 15 is 0 Å². The molecule has 0 saturated carbocycles. The largest absolute Gasteiger partial charge is 0.478 e. The zero-order chi connectivity index (χ0) is 16.5. The summed E-state index contributed by atoms with van der Waals surface area (Å²) in [5, 5.41) is 19.9. The monoisotopic (exact) mass is 311 g/mol. The van der Waals surface area contributed by atoms with Gasteiger partial charge in [0.1, 0.15) is 0 Å². The van der Waals surface area contributed by atoms with E-state index < -0.39 is 22.6 Å². The molecule has 0 aliphatic rings. The summed E-state index contributed by atoms with van der Waals surface area (Å²) in [5.74, 6) is -1.29. The molecule has 1 N–H and O–H groups in total. The molecule has 5 nitrogen and oxygen atoms in total. The van der Waals surface area contributed by atoms with Gasteiger partial charge in [-0.1, -0.05) is 12.1 Å². The van der Waals surface area contributed by atoms with E-state index in [0.717, 1.165) is 42.5 Å². The van der Waals surface area contributed by atoms with Crippen LogP contribution in [-0.2, 0) is 6.18 Å². The SMILES string of the molecule is O=C(O)c1ccc([N+](=O)[O-])c(-c2ccc(C(F)(F)F)cc2)c1. The summed E-state index contributed by atoms with van der Waals surface area (Å²) < 4.78 is 37.5. The third-order valence-electron chi connectivity index (χ3n) is 2.96. The molecule has 0 atom stereocenters. The fraction of sp³-hybridized carbons (Fsp3) is 0.0714. The second kappa shape index (κ2) is 5.47. The highest BCUT2D eigenvalue weighted by atomic mass is 19.4. The molecule has 0 unspecified atom stereocenters. The quantitative estimate of drug-likeness (QED) is 0.686. The number of benzene rings is 2. The molecular formula is C14H8F3NO4. The van der Waals surface area contributed by atoms with Crippen molar-refractivity contribution in [3.63, 3.8) is 0 Å². The van der Waals surface area contributed by atoms with Crippen LogP contribution in [0.4, 0.5) is 18.9 Å². The number of carboxylic acid groups (broad SMARTS) is 1. The first kappa shape index (κ1) is 15.5. The van der Waals surface area contributed by atoms with Crippen molar-refractivity contribution in [2.75, 3.05) is 0 Å². The predicted octanol–water partition coefficient (Wildman–Crippen LogP) is 3.98. The molecule has 0 heterocycles. The molecule has 22 heavy (non-hydrogen) atoms. The summed E-state index contributed by atoms with van der Waals surface area (Å²) in [6, 6.07) is 6.83. The van der Waals surface area contributed by atoms with Gasteiger partial charge in [0.15, 0.2) is 0 Å². The van der Waals surface area contributed by atoms with Crippen LogP contribution in [0.25, 0.3) is 11.1 Å². The highest BCUT2D eigenvalue weighted by Crippen LogP contribution is 2.34. The Labute approximate surface area is 121 Å². The molecule has 0 fully saturated rings. The number of halogens is 3. The van der Waals surface area contributed by atoms with Crippen molar-refractivity contribution in [3.8, 4) is 11.1 Å². The van der Waals surface area contributed by atoms with E-state index in [1.807, 2.05) is 0 Å². The summed E-state index contributed by atoms with van der Waals surface area (Å²) >= 11 is 0. The average molecular weight is 311 g/mol. The van der Waals surface area contributed by atoms with E-state index in [2.05, 4.69) is 0 Å². The van der Waals surface area contributed by atoms with Crippen molar-refractivity contribution < 1.29 is 28.0 Å². The number of carbonyl (C=O) groups is 1. The lowest BCUT2D eigenvalue weighted by molar-refractivity contribution is -0.384. The Hall–Kier alpha value is -2.90. The summed E-state index contributed by atoms with van der Waals surface area (Å²) in [6.45, 7) is 0. The van der Waals surface area contributed by atoms with Gasteiger partial charge in [0.2, 0.25) is 0 Å². The number of nitro groups is 1. The van der Waals surface area contributed by atoms with Crippen LogP contribution in [0.15, 0.2) is 42.5 Å². The molecule has 0 aromatic heterocycles. The Morgan fingerprint density at radius 3 is 2.14 bits per heavy atom. The molecule has 0 amide bonds. The lowest BCUT2D eigenvalue weighted by Gasteiger charge is -2.08. The van der Waals surface area contributed by atoms with Gasteiger partial charge in [0.25, 0.3) is 5.69 Å². The Bertz CT molecular complexity index is 739. The van der Waals surface area contributed by atoms with Crippen LogP contribution in [0.5, 0.6) is 0 Å². The summed E-state index contributed by atoms with van der Waals surface area (Å²) in [7, 11) is 0. The summed E-state index contributed by atoms with van der Waals surface area (Å²) in [6.07, 6.45) is -4.52. The Balaban J connectivity index is 2.57. The van der Waals surface area contributed by atoms with Gasteiger partial charge in [-0.3, -0.25) is 10.1 Å². The number of hydrogen-bond acceptors (Lipinski definition) is 3. The van der Waals surface area contributed by atoms with Gasteiger partial charge in [0.05, 0.1) is 21.6 Å². The summed E-state index contributed by atoms with van der Waals surface area (Å²) in [4.78, 5) is 21.2. The third kappa shape index (κ3) is 3.05. The maximum atomic E-state index is 12.5. The first-order chi connectivity index (χ1) is 10.2. The number of rotatable bonds is 3. The highest BCUT2D eigenvalue weighted by Gasteiger charge is 2.30. The van der Waals surface area contributed by atoms with Crippen LogP contribution in [0.1, 0.15) is 15.9 Å². The zero-order valence-electron chi connectivity index (χ0n) is 10.8. The molecule has 0 saturated heterocycles. The number of aromatic carboxylic acids is 1. The molecule has 0 bridgehead atoms. The zero-order valence-corrected chi connectivity index (χ0v) is 10.8. The molecule has 0 radical (unpaired) electrons. The van der Waals surface area contributed by atoms with Gasteiger partial charge in [-0.25, -0.2) is 4.79 Å². The Morgan fingerprint density at radius 1 is 1.09 bits per heavy atom. The molecule has 2 aromatic rings. The Morgan fingerprint density at radius 2 is 1.68 bits per heavy atom. The molecule has 0 spiro atoms. The van der Waals surface area contributed by atoms with Crippen LogP contribution in [-0.4, -0.2) is 16.0 Å². The van der Waals surface area contributed by atoms with Crippen LogP contribution in [0.2, 0.25) is 0 Å². The first-order valence-corrected chi connectivity index (χ1v) is 5.89. The molecule has 2 aromatic carbocycles. The molecule has 114 valence electrons. The van der Waals surface area contributed by atoms with Crippen LogP contribution < -0.4 is 0 Å². The number of nitrogens with zero attached hydrogens (tertiary/aromatic N) is 1. The van der Waals surface area contributed by atoms with Crippen molar-refractivity contribution >= 4 is 11.7 Å². The van der Waals surface area contributed by atoms with Crippen molar-refractivity contribution in [2.45, 2.75) is 6.18 Å². The van der Waals surface area contributed by atoms with E-state index in [1.165, 1.54) is 0 Å². The minimum Gasteiger partial charge on any atom is -0.478 e. The molecule has 0 aliphatic carbocycles. The fourth-order valence-corrected chi connectivity index (χ4v) is 1.90. The highest BCUT2D eigenvalue weighted by molar-refractivity contribution is 5.91. The summed E-state index contributed by atoms with van der Waals surface area (Å²) in [5.41, 5.74) is -1.40. The van der Waals surface area contributed by atoms with E-state index in [4.69, 9.17) is 5.11 Å². The third-order valence-corrected chi connectivity index (χ3v) is 2.96. The smallest absolute Gasteiger partial charge is 0.416 e. The van der Waals surface area contributed by atoms with Crippen LogP contribution >= 0.6 is 0 Å². The number of carboxylic acids is 1. The maximum Gasteiger partial charge on any atom is 0.416 e. The van der Waals surface area contributed by atoms with Crippen LogP contribution in [0, 0.1) is 10.1 Å². The number of nitro benzene ring substituents is 1. The standard InChI is InChI=1S/C14H8F3NO4/c15-14(16,17)10-4-1-8(2-5-10)11-7-9(13(19)20)3-6-12(11)18(21)22/h1-7H,(H,19,20). The minimum atomic E-state index is -4.52. The van der Waals surface area contributed by atoms with E-state index in [9.17, 15) is 28.1 Å². The minimum absolute atomic E-state index is 0.0568. The molecular weight excluding hydrogens is 303 g/mol. The topological polar surface area (TPSA) is 80.4 Å². The van der Waals surface area contributed by atoms with Crippen molar-refractivity contribution in [3.05, 3.63) is 63.7 Å². The number of hydrogen-bond donors (Lipinski definition) is 1. The van der Waals surface area contributed by atoms with E-state index in [0.29, 0.717) is 0 Å². The maximum absolute atomic E-state index is 12.5. The molecule has 2 rings (SSSR count). The van der Waals surface area contributed by atoms with E-state index in [-0.39, 0.29) is 22.4 Å². The fourth-order valence-electron chi connectivity index (χ4n) is 1.90. The lowest BCUT2D eigenvalue weighted by atomic mass is 9.99. The van der Waals surface area contributed by atoms with Crippen molar-refractivity contribution in [1.82, 2.24) is 0 Å². The Kier molecular flexibility index (Phi) is 3.85. The van der Waals surface area contributed by atoms with Crippen molar-refractivity contribution in [1.29, 1.82) is 0 Å². The van der Waals surface area contributed by atoms with Gasteiger partial charge in [-0.05, 0) is 29.8 Å². The lowest BCUT2D eigenvalue weighted by Crippen LogP contribution is -2.04. The molecule has 8 heteroatoms. The molecule has 0 aliphatic heterocycles. The number of alkyl halides is 3.